The first kappa shape index (κ1) is 20.4. The smallest absolute Gasteiger partial charge is 0.290 e. The highest BCUT2D eigenvalue weighted by Gasteiger charge is 2.42. The van der Waals surface area contributed by atoms with Crippen molar-refractivity contribution < 1.29 is 18.8 Å². The standard InChI is InChI=1S/C23H23ClN2O4/c1-25(2)10-5-11-26-20(14-6-4-7-16(12-14)29-3)19-21(27)17-13-15(24)8-9-18(17)30-22(19)23(26)28/h4,6-9,12-13,20H,5,10-11H2,1-3H3/p+1/t20-/m1/s1. The molecule has 0 unspecified atom stereocenters. The first-order valence-electron chi connectivity index (χ1n) is 9.91. The number of carbonyl (C=O) groups excluding carboxylic acids is 1. The number of methoxy groups -OCH3 is 1. The summed E-state index contributed by atoms with van der Waals surface area (Å²) in [6.45, 7) is 1.43. The monoisotopic (exact) mass is 427 g/mol. The van der Waals surface area contributed by atoms with Crippen molar-refractivity contribution >= 4 is 28.5 Å². The molecule has 156 valence electrons. The van der Waals surface area contributed by atoms with Crippen molar-refractivity contribution in [3.63, 3.8) is 0 Å². The van der Waals surface area contributed by atoms with Gasteiger partial charge in [0.05, 0.1) is 44.7 Å². The van der Waals surface area contributed by atoms with Crippen LogP contribution in [0.25, 0.3) is 11.0 Å². The van der Waals surface area contributed by atoms with Crippen molar-refractivity contribution in [3.8, 4) is 5.75 Å². The number of halogens is 1. The van der Waals surface area contributed by atoms with Gasteiger partial charge in [-0.2, -0.15) is 0 Å². The molecule has 7 heteroatoms. The summed E-state index contributed by atoms with van der Waals surface area (Å²) in [5, 5.41) is 0.823. The van der Waals surface area contributed by atoms with Crippen LogP contribution in [0.3, 0.4) is 0 Å². The molecule has 1 amide bonds. The van der Waals surface area contributed by atoms with Gasteiger partial charge in [0.25, 0.3) is 5.91 Å². The molecule has 4 rings (SSSR count). The van der Waals surface area contributed by atoms with E-state index in [4.69, 9.17) is 20.8 Å². The number of nitrogens with zero attached hydrogens (tertiary/aromatic N) is 1. The van der Waals surface area contributed by atoms with Crippen molar-refractivity contribution in [3.05, 3.63) is 74.6 Å². The quantitative estimate of drug-likeness (QED) is 0.656. The van der Waals surface area contributed by atoms with E-state index in [9.17, 15) is 9.59 Å². The van der Waals surface area contributed by atoms with E-state index in [-0.39, 0.29) is 17.1 Å². The summed E-state index contributed by atoms with van der Waals surface area (Å²) in [7, 11) is 5.73. The first-order valence-corrected chi connectivity index (χ1v) is 10.3. The van der Waals surface area contributed by atoms with Crippen LogP contribution < -0.4 is 15.1 Å². The van der Waals surface area contributed by atoms with E-state index < -0.39 is 6.04 Å². The molecule has 0 fully saturated rings. The first-order chi connectivity index (χ1) is 14.4. The normalized spacial score (nSPS) is 15.8. The van der Waals surface area contributed by atoms with Crippen LogP contribution in [-0.2, 0) is 0 Å². The third kappa shape index (κ3) is 3.57. The molecule has 1 aromatic heterocycles. The number of hydrogen-bond donors (Lipinski definition) is 1. The van der Waals surface area contributed by atoms with Gasteiger partial charge in [0.2, 0.25) is 5.76 Å². The van der Waals surface area contributed by atoms with E-state index in [0.29, 0.717) is 33.8 Å². The lowest BCUT2D eigenvalue weighted by Crippen LogP contribution is -3.05. The van der Waals surface area contributed by atoms with Gasteiger partial charge in [-0.15, -0.1) is 0 Å². The lowest BCUT2D eigenvalue weighted by atomic mass is 9.98. The molecule has 0 bridgehead atoms. The minimum atomic E-state index is -0.528. The molecule has 0 saturated carbocycles. The largest absolute Gasteiger partial charge is 0.497 e. The molecular formula is C23H24ClN2O4+. The van der Waals surface area contributed by atoms with E-state index >= 15 is 0 Å². The highest BCUT2D eigenvalue weighted by atomic mass is 35.5. The second-order valence-electron chi connectivity index (χ2n) is 7.80. The third-order valence-corrected chi connectivity index (χ3v) is 5.65. The van der Waals surface area contributed by atoms with Crippen LogP contribution in [0.2, 0.25) is 5.02 Å². The predicted octanol–water partition coefficient (Wildman–Crippen LogP) is 2.53. The van der Waals surface area contributed by atoms with E-state index in [1.165, 1.54) is 4.90 Å². The molecular weight excluding hydrogens is 404 g/mol. The Kier molecular flexibility index (Phi) is 5.54. The van der Waals surface area contributed by atoms with Gasteiger partial charge in [-0.25, -0.2) is 0 Å². The Morgan fingerprint density at radius 3 is 2.70 bits per heavy atom. The molecule has 30 heavy (non-hydrogen) atoms. The van der Waals surface area contributed by atoms with E-state index in [1.54, 1.807) is 30.2 Å². The van der Waals surface area contributed by atoms with Crippen LogP contribution in [0.4, 0.5) is 0 Å². The van der Waals surface area contributed by atoms with Gasteiger partial charge in [0.1, 0.15) is 11.3 Å². The molecule has 2 heterocycles. The van der Waals surface area contributed by atoms with Crippen LogP contribution in [-0.4, -0.2) is 45.1 Å². The number of amides is 1. The van der Waals surface area contributed by atoms with Crippen molar-refractivity contribution in [2.45, 2.75) is 12.5 Å². The van der Waals surface area contributed by atoms with E-state index in [1.807, 2.05) is 24.3 Å². The van der Waals surface area contributed by atoms with Gasteiger partial charge >= 0.3 is 0 Å². The number of hydrogen-bond acceptors (Lipinski definition) is 4. The van der Waals surface area contributed by atoms with E-state index in [2.05, 4.69) is 14.1 Å². The third-order valence-electron chi connectivity index (χ3n) is 5.41. The molecule has 0 spiro atoms. The summed E-state index contributed by atoms with van der Waals surface area (Å²) < 4.78 is 11.3. The van der Waals surface area contributed by atoms with Crippen LogP contribution in [0.15, 0.2) is 51.7 Å². The molecule has 1 aliphatic heterocycles. The van der Waals surface area contributed by atoms with Gasteiger partial charge in [0.15, 0.2) is 5.43 Å². The number of quaternary nitrogens is 1. The highest BCUT2D eigenvalue weighted by Crippen LogP contribution is 2.39. The van der Waals surface area contributed by atoms with Gasteiger partial charge in [0, 0.05) is 18.0 Å². The summed E-state index contributed by atoms with van der Waals surface area (Å²) in [6, 6.07) is 11.8. The molecule has 6 nitrogen and oxygen atoms in total. The van der Waals surface area contributed by atoms with Crippen LogP contribution in [0, 0.1) is 0 Å². The average Bonchev–Trinajstić information content (AvgIpc) is 3.01. The summed E-state index contributed by atoms with van der Waals surface area (Å²) in [6.07, 6.45) is 0.808. The number of benzene rings is 2. The van der Waals surface area contributed by atoms with Crippen LogP contribution in [0.1, 0.15) is 34.1 Å². The second-order valence-corrected chi connectivity index (χ2v) is 8.24. The molecule has 0 saturated heterocycles. The maximum atomic E-state index is 13.5. The molecule has 2 aromatic carbocycles. The Labute approximate surface area is 179 Å². The van der Waals surface area contributed by atoms with Crippen LogP contribution >= 0.6 is 11.6 Å². The zero-order valence-corrected chi connectivity index (χ0v) is 18.0. The fraction of sp³-hybridized carbons (Fsp3) is 0.304. The van der Waals surface area contributed by atoms with Gasteiger partial charge in [-0.1, -0.05) is 23.7 Å². The minimum absolute atomic E-state index is 0.111. The Morgan fingerprint density at radius 1 is 1.17 bits per heavy atom. The lowest BCUT2D eigenvalue weighted by molar-refractivity contribution is -0.858. The van der Waals surface area contributed by atoms with E-state index in [0.717, 1.165) is 18.5 Å². The number of ether oxygens (including phenoxy) is 1. The van der Waals surface area contributed by atoms with Gasteiger partial charge < -0.3 is 19.0 Å². The summed E-state index contributed by atoms with van der Waals surface area (Å²) >= 11 is 6.11. The second kappa shape index (κ2) is 8.13. The fourth-order valence-electron chi connectivity index (χ4n) is 3.98. The number of nitrogens with one attached hydrogen (secondary N) is 1. The lowest BCUT2D eigenvalue weighted by Gasteiger charge is -2.25. The van der Waals surface area contributed by atoms with Crippen molar-refractivity contribution in [2.75, 3.05) is 34.3 Å². The molecule has 1 aliphatic rings. The van der Waals surface area contributed by atoms with Crippen LogP contribution in [0.5, 0.6) is 5.75 Å². The Balaban J connectivity index is 1.89. The minimum Gasteiger partial charge on any atom is -0.497 e. The molecule has 0 radical (unpaired) electrons. The zero-order valence-electron chi connectivity index (χ0n) is 17.2. The van der Waals surface area contributed by atoms with Gasteiger partial charge in [-0.05, 0) is 35.9 Å². The topological polar surface area (TPSA) is 64.2 Å². The number of rotatable bonds is 6. The summed E-state index contributed by atoms with van der Waals surface area (Å²) in [4.78, 5) is 29.8. The van der Waals surface area contributed by atoms with Crippen molar-refractivity contribution in [1.82, 2.24) is 4.90 Å². The van der Waals surface area contributed by atoms with Crippen molar-refractivity contribution in [2.24, 2.45) is 0 Å². The maximum absolute atomic E-state index is 13.5. The SMILES string of the molecule is COc1cccc([C@@H]2c3c(oc4ccc(Cl)cc4c3=O)C(=O)N2CCC[NH+](C)C)c1. The average molecular weight is 428 g/mol. The Bertz CT molecular complexity index is 1170. The Morgan fingerprint density at radius 2 is 1.97 bits per heavy atom. The summed E-state index contributed by atoms with van der Waals surface area (Å²) in [5.74, 6) is 0.514. The number of fused-ring (bicyclic) bond motifs is 2. The van der Waals surface area contributed by atoms with Gasteiger partial charge in [-0.3, -0.25) is 9.59 Å². The molecule has 0 aliphatic carbocycles. The summed E-state index contributed by atoms with van der Waals surface area (Å²) in [5.41, 5.74) is 1.31. The molecule has 1 atom stereocenters. The predicted molar refractivity (Wildman–Crippen MR) is 116 cm³/mol. The van der Waals surface area contributed by atoms with Crippen molar-refractivity contribution in [1.29, 1.82) is 0 Å². The molecule has 1 N–H and O–H groups in total. The maximum Gasteiger partial charge on any atom is 0.290 e. The molecule has 3 aromatic rings. The number of carbonyl (C=O) groups is 1. The highest BCUT2D eigenvalue weighted by molar-refractivity contribution is 6.31. The zero-order chi connectivity index (χ0) is 21.4. The Hall–Kier alpha value is -2.83. The fourth-order valence-corrected chi connectivity index (χ4v) is 4.16.